The van der Waals surface area contributed by atoms with Gasteiger partial charge in [-0.25, -0.2) is 0 Å². The number of nitrogens with zero attached hydrogens (tertiary/aromatic N) is 4. The smallest absolute Gasteiger partial charge is 0.226 e. The van der Waals surface area contributed by atoms with Gasteiger partial charge in [0.25, 0.3) is 0 Å². The molecule has 8 nitrogen and oxygen atoms in total. The zero-order chi connectivity index (χ0) is 13.7. The molecule has 2 aromatic heterocycles. The minimum absolute atomic E-state index is 0.120. The fraction of sp³-hybridized carbons (Fsp3) is 0.364. The van der Waals surface area contributed by atoms with E-state index in [1.165, 1.54) is 7.11 Å². The van der Waals surface area contributed by atoms with Crippen LogP contribution in [0.3, 0.4) is 0 Å². The van der Waals surface area contributed by atoms with E-state index in [9.17, 15) is 0 Å². The Labute approximate surface area is 110 Å². The second-order valence-corrected chi connectivity index (χ2v) is 3.85. The van der Waals surface area contributed by atoms with Crippen LogP contribution in [-0.4, -0.2) is 33.5 Å². The molecule has 0 aliphatic rings. The number of methoxy groups -OCH3 is 1. The van der Waals surface area contributed by atoms with Crippen LogP contribution in [-0.2, 0) is 6.54 Å². The average molecular weight is 264 g/mol. The van der Waals surface area contributed by atoms with Crippen molar-refractivity contribution >= 4 is 11.6 Å². The molecule has 102 valence electrons. The predicted molar refractivity (Wildman–Crippen MR) is 69.7 cm³/mol. The van der Waals surface area contributed by atoms with Gasteiger partial charge >= 0.3 is 0 Å². The normalized spacial score (nSPS) is 10.4. The third-order valence-electron chi connectivity index (χ3n) is 2.34. The Morgan fingerprint density at radius 2 is 2.05 bits per heavy atom. The fourth-order valence-electron chi connectivity index (χ4n) is 1.50. The molecule has 2 aromatic rings. The maximum absolute atomic E-state index is 5.56. The van der Waals surface area contributed by atoms with Crippen molar-refractivity contribution in [1.29, 1.82) is 0 Å². The molecule has 0 atom stereocenters. The number of hydrogen-bond acceptors (Lipinski definition) is 7. The van der Waals surface area contributed by atoms with Crippen molar-refractivity contribution in [1.82, 2.24) is 19.7 Å². The number of rotatable bonds is 6. The minimum Gasteiger partial charge on any atom is -0.481 e. The zero-order valence-electron chi connectivity index (χ0n) is 10.6. The maximum Gasteiger partial charge on any atom is 0.226 e. The van der Waals surface area contributed by atoms with Crippen molar-refractivity contribution in [2.45, 2.75) is 13.0 Å². The van der Waals surface area contributed by atoms with Crippen LogP contribution in [0.1, 0.15) is 6.42 Å². The first-order chi connectivity index (χ1) is 9.17. The summed E-state index contributed by atoms with van der Waals surface area (Å²) in [5, 5.41) is 4.07. The zero-order valence-corrected chi connectivity index (χ0v) is 10.6. The van der Waals surface area contributed by atoms with Crippen LogP contribution in [0.2, 0.25) is 0 Å². The van der Waals surface area contributed by atoms with Crippen molar-refractivity contribution in [3.8, 4) is 11.8 Å². The van der Waals surface area contributed by atoms with Crippen LogP contribution < -0.4 is 20.9 Å². The standard InChI is InChI=1S/C11H16N6O2/c1-18-9-5-10(16-11(13)15-9)19-4-2-3-17-7-8(12)6-14-17/h5-7H,2-4,12H2,1H3,(H2,13,15,16). The summed E-state index contributed by atoms with van der Waals surface area (Å²) < 4.78 is 12.2. The van der Waals surface area contributed by atoms with Gasteiger partial charge in [0.1, 0.15) is 0 Å². The summed E-state index contributed by atoms with van der Waals surface area (Å²) >= 11 is 0. The first-order valence-corrected chi connectivity index (χ1v) is 5.76. The lowest BCUT2D eigenvalue weighted by Gasteiger charge is -2.07. The summed E-state index contributed by atoms with van der Waals surface area (Å²) in [4.78, 5) is 7.82. The van der Waals surface area contributed by atoms with Crippen molar-refractivity contribution in [3.05, 3.63) is 18.5 Å². The number of aromatic nitrogens is 4. The average Bonchev–Trinajstić information content (AvgIpc) is 2.80. The van der Waals surface area contributed by atoms with Crippen LogP contribution >= 0.6 is 0 Å². The van der Waals surface area contributed by atoms with Crippen molar-refractivity contribution in [2.75, 3.05) is 25.2 Å². The second kappa shape index (κ2) is 5.89. The predicted octanol–water partition coefficient (Wildman–Crippen LogP) is 0.315. The highest BCUT2D eigenvalue weighted by atomic mass is 16.5. The van der Waals surface area contributed by atoms with Gasteiger partial charge in [0.05, 0.1) is 31.7 Å². The lowest BCUT2D eigenvalue weighted by atomic mass is 10.4. The van der Waals surface area contributed by atoms with E-state index in [-0.39, 0.29) is 5.95 Å². The van der Waals surface area contributed by atoms with E-state index in [2.05, 4.69) is 15.1 Å². The third-order valence-corrected chi connectivity index (χ3v) is 2.34. The highest BCUT2D eigenvalue weighted by Crippen LogP contribution is 2.16. The third kappa shape index (κ3) is 3.73. The Morgan fingerprint density at radius 3 is 2.74 bits per heavy atom. The Hall–Kier alpha value is -2.51. The summed E-state index contributed by atoms with van der Waals surface area (Å²) in [5.41, 5.74) is 11.7. The number of nitrogens with two attached hydrogens (primary N) is 2. The lowest BCUT2D eigenvalue weighted by molar-refractivity contribution is 0.285. The number of anilines is 2. The lowest BCUT2D eigenvalue weighted by Crippen LogP contribution is -2.07. The van der Waals surface area contributed by atoms with E-state index in [1.807, 2.05) is 0 Å². The van der Waals surface area contributed by atoms with E-state index < -0.39 is 0 Å². The molecular formula is C11H16N6O2. The van der Waals surface area contributed by atoms with Crippen molar-refractivity contribution in [3.63, 3.8) is 0 Å². The maximum atomic E-state index is 5.56. The molecule has 0 saturated heterocycles. The van der Waals surface area contributed by atoms with Gasteiger partial charge in [-0.05, 0) is 0 Å². The molecule has 0 amide bonds. The Morgan fingerprint density at radius 1 is 1.26 bits per heavy atom. The molecule has 0 spiro atoms. The first-order valence-electron chi connectivity index (χ1n) is 5.76. The largest absolute Gasteiger partial charge is 0.481 e. The minimum atomic E-state index is 0.120. The van der Waals surface area contributed by atoms with Gasteiger partial charge in [-0.1, -0.05) is 0 Å². The SMILES string of the molecule is COc1cc(OCCCn2cc(N)cn2)nc(N)n1. The summed E-state index contributed by atoms with van der Waals surface area (Å²) in [6.07, 6.45) is 4.15. The van der Waals surface area contributed by atoms with Gasteiger partial charge in [-0.15, -0.1) is 0 Å². The van der Waals surface area contributed by atoms with Gasteiger partial charge in [-0.3, -0.25) is 4.68 Å². The molecule has 0 unspecified atom stereocenters. The van der Waals surface area contributed by atoms with Gasteiger partial charge in [0.2, 0.25) is 17.7 Å². The topological polar surface area (TPSA) is 114 Å². The highest BCUT2D eigenvalue weighted by Gasteiger charge is 2.03. The molecule has 2 heterocycles. The van der Waals surface area contributed by atoms with E-state index in [1.54, 1.807) is 23.1 Å². The fourth-order valence-corrected chi connectivity index (χ4v) is 1.50. The molecule has 0 aliphatic carbocycles. The molecule has 0 bridgehead atoms. The number of nitrogen functional groups attached to an aromatic ring is 2. The number of hydrogen-bond donors (Lipinski definition) is 2. The van der Waals surface area contributed by atoms with Crippen LogP contribution in [0.15, 0.2) is 18.5 Å². The van der Waals surface area contributed by atoms with Crippen LogP contribution in [0.5, 0.6) is 11.8 Å². The van der Waals surface area contributed by atoms with Crippen LogP contribution in [0.4, 0.5) is 11.6 Å². The Bertz CT molecular complexity index is 542. The van der Waals surface area contributed by atoms with Gasteiger partial charge in [0, 0.05) is 19.2 Å². The Kier molecular flexibility index (Phi) is 4.01. The summed E-state index contributed by atoms with van der Waals surface area (Å²) in [6, 6.07) is 1.59. The molecule has 0 saturated carbocycles. The molecule has 0 aromatic carbocycles. The molecular weight excluding hydrogens is 248 g/mol. The highest BCUT2D eigenvalue weighted by molar-refractivity contribution is 5.30. The van der Waals surface area contributed by atoms with Crippen molar-refractivity contribution < 1.29 is 9.47 Å². The van der Waals surface area contributed by atoms with Gasteiger partial charge in [-0.2, -0.15) is 15.1 Å². The van der Waals surface area contributed by atoms with Gasteiger partial charge < -0.3 is 20.9 Å². The molecule has 0 radical (unpaired) electrons. The summed E-state index contributed by atoms with van der Waals surface area (Å²) in [7, 11) is 1.51. The molecule has 8 heteroatoms. The number of aryl methyl sites for hydroxylation is 1. The monoisotopic (exact) mass is 264 g/mol. The summed E-state index contributed by atoms with van der Waals surface area (Å²) in [6.45, 7) is 1.20. The van der Waals surface area contributed by atoms with E-state index in [0.717, 1.165) is 13.0 Å². The van der Waals surface area contributed by atoms with Crippen molar-refractivity contribution in [2.24, 2.45) is 0 Å². The molecule has 0 aliphatic heterocycles. The summed E-state index contributed by atoms with van der Waals surface area (Å²) in [5.74, 6) is 0.890. The quantitative estimate of drug-likeness (QED) is 0.722. The second-order valence-electron chi connectivity index (χ2n) is 3.85. The van der Waals surface area contributed by atoms with Crippen LogP contribution in [0, 0.1) is 0 Å². The van der Waals surface area contributed by atoms with E-state index in [0.29, 0.717) is 24.1 Å². The molecule has 0 fully saturated rings. The molecule has 19 heavy (non-hydrogen) atoms. The molecule has 2 rings (SSSR count). The number of ether oxygens (including phenoxy) is 2. The Balaban J connectivity index is 1.80. The first kappa shape index (κ1) is 12.9. The van der Waals surface area contributed by atoms with E-state index >= 15 is 0 Å². The van der Waals surface area contributed by atoms with E-state index in [4.69, 9.17) is 20.9 Å². The molecule has 4 N–H and O–H groups in total. The van der Waals surface area contributed by atoms with Crippen LogP contribution in [0.25, 0.3) is 0 Å². The van der Waals surface area contributed by atoms with Gasteiger partial charge in [0.15, 0.2) is 0 Å².